The van der Waals surface area contributed by atoms with Crippen LogP contribution in [0.3, 0.4) is 0 Å². The normalized spacial score (nSPS) is 28.3. The molecular formula is C24H34O3. The van der Waals surface area contributed by atoms with E-state index in [1.54, 1.807) is 12.7 Å². The Morgan fingerprint density at radius 2 is 1.59 bits per heavy atom. The molecule has 0 atom stereocenters. The van der Waals surface area contributed by atoms with Gasteiger partial charge < -0.3 is 14.2 Å². The van der Waals surface area contributed by atoms with Gasteiger partial charge in [-0.2, -0.15) is 0 Å². The number of methoxy groups -OCH3 is 1. The maximum Gasteiger partial charge on any atom is 0.126 e. The van der Waals surface area contributed by atoms with Gasteiger partial charge in [0.05, 0.1) is 20.3 Å². The van der Waals surface area contributed by atoms with Gasteiger partial charge in [0.15, 0.2) is 0 Å². The first-order valence-electron chi connectivity index (χ1n) is 10.9. The summed E-state index contributed by atoms with van der Waals surface area (Å²) in [6.45, 7) is 5.73. The van der Waals surface area contributed by atoms with Crippen molar-refractivity contribution in [2.24, 2.45) is 23.7 Å². The van der Waals surface area contributed by atoms with E-state index in [-0.39, 0.29) is 0 Å². The standard InChI is InChI=1S/C24H34O3/c1-4-6-7-27-22-14-20(13-21(15-22)25-3)24(26-5-2)23-18-9-16-8-17(11-18)12-19(23)10-16/h13-19H,4-12H2,1-3H3. The third-order valence-corrected chi connectivity index (χ3v) is 6.71. The van der Waals surface area contributed by atoms with E-state index in [0.29, 0.717) is 6.61 Å². The molecule has 0 N–H and O–H groups in total. The Morgan fingerprint density at radius 3 is 2.19 bits per heavy atom. The second-order valence-electron chi connectivity index (χ2n) is 8.62. The van der Waals surface area contributed by atoms with Crippen LogP contribution in [0.1, 0.15) is 64.4 Å². The van der Waals surface area contributed by atoms with Gasteiger partial charge in [-0.15, -0.1) is 0 Å². The fourth-order valence-corrected chi connectivity index (χ4v) is 5.78. The molecule has 0 aliphatic heterocycles. The van der Waals surface area contributed by atoms with Crippen LogP contribution in [0.25, 0.3) is 5.76 Å². The van der Waals surface area contributed by atoms with Gasteiger partial charge in [-0.1, -0.05) is 13.3 Å². The van der Waals surface area contributed by atoms with Gasteiger partial charge in [0.25, 0.3) is 0 Å². The van der Waals surface area contributed by atoms with Crippen LogP contribution in [-0.2, 0) is 4.74 Å². The number of rotatable bonds is 8. The van der Waals surface area contributed by atoms with Crippen molar-refractivity contribution < 1.29 is 14.2 Å². The minimum absolute atomic E-state index is 0.703. The average molecular weight is 371 g/mol. The zero-order valence-corrected chi connectivity index (χ0v) is 17.1. The highest BCUT2D eigenvalue weighted by Gasteiger charge is 2.46. The highest BCUT2D eigenvalue weighted by atomic mass is 16.5. The Bertz CT molecular complexity index is 661. The van der Waals surface area contributed by atoms with Gasteiger partial charge in [0, 0.05) is 11.6 Å². The Hall–Kier alpha value is -1.64. The van der Waals surface area contributed by atoms with E-state index in [4.69, 9.17) is 14.2 Å². The lowest BCUT2D eigenvalue weighted by molar-refractivity contribution is 0.0668. The first kappa shape index (κ1) is 18.7. The Morgan fingerprint density at radius 1 is 0.926 bits per heavy atom. The number of unbranched alkanes of at least 4 members (excludes halogenated alkanes) is 1. The molecule has 1 aromatic rings. The second-order valence-corrected chi connectivity index (χ2v) is 8.62. The summed E-state index contributed by atoms with van der Waals surface area (Å²) in [7, 11) is 1.73. The molecule has 1 aromatic carbocycles. The summed E-state index contributed by atoms with van der Waals surface area (Å²) in [5, 5.41) is 0. The van der Waals surface area contributed by atoms with Crippen LogP contribution >= 0.6 is 0 Å². The van der Waals surface area contributed by atoms with Gasteiger partial charge in [-0.3, -0.25) is 0 Å². The van der Waals surface area contributed by atoms with E-state index in [1.807, 2.05) is 6.07 Å². The number of allylic oxidation sites excluding steroid dienone is 1. The Balaban J connectivity index is 1.70. The molecule has 4 bridgehead atoms. The summed E-state index contributed by atoms with van der Waals surface area (Å²) in [5.74, 6) is 6.21. The molecule has 4 saturated carbocycles. The maximum absolute atomic E-state index is 6.30. The lowest BCUT2D eigenvalue weighted by atomic mass is 9.54. The van der Waals surface area contributed by atoms with Crippen LogP contribution in [0.2, 0.25) is 0 Å². The van der Waals surface area contributed by atoms with E-state index >= 15 is 0 Å². The predicted octanol–water partition coefficient (Wildman–Crippen LogP) is 6.08. The van der Waals surface area contributed by atoms with Crippen molar-refractivity contribution in [3.8, 4) is 11.5 Å². The minimum atomic E-state index is 0.703. The van der Waals surface area contributed by atoms with Crippen LogP contribution in [0.15, 0.2) is 23.8 Å². The fraction of sp³-hybridized carbons (Fsp3) is 0.667. The topological polar surface area (TPSA) is 27.7 Å². The summed E-state index contributed by atoms with van der Waals surface area (Å²) >= 11 is 0. The van der Waals surface area contributed by atoms with E-state index < -0.39 is 0 Å². The van der Waals surface area contributed by atoms with Crippen LogP contribution in [0.4, 0.5) is 0 Å². The number of hydrogen-bond donors (Lipinski definition) is 0. The van der Waals surface area contributed by atoms with E-state index in [2.05, 4.69) is 26.0 Å². The SMILES string of the molecule is CCCCOc1cc(OC)cc(C(OCC)=C2C3CC4CC(C3)CC2C4)c1. The van der Waals surface area contributed by atoms with E-state index in [9.17, 15) is 0 Å². The highest BCUT2D eigenvalue weighted by molar-refractivity contribution is 5.67. The van der Waals surface area contributed by atoms with Crippen molar-refractivity contribution in [2.75, 3.05) is 20.3 Å². The van der Waals surface area contributed by atoms with Crippen LogP contribution in [-0.4, -0.2) is 20.3 Å². The highest BCUT2D eigenvalue weighted by Crippen LogP contribution is 2.58. The molecule has 0 heterocycles. The third-order valence-electron chi connectivity index (χ3n) is 6.71. The van der Waals surface area contributed by atoms with Crippen molar-refractivity contribution in [1.29, 1.82) is 0 Å². The molecule has 4 aliphatic carbocycles. The van der Waals surface area contributed by atoms with Gasteiger partial charge in [-0.25, -0.2) is 0 Å². The summed E-state index contributed by atoms with van der Waals surface area (Å²) in [6, 6.07) is 6.27. The molecule has 0 saturated heterocycles. The molecule has 27 heavy (non-hydrogen) atoms. The predicted molar refractivity (Wildman–Crippen MR) is 109 cm³/mol. The second kappa shape index (κ2) is 8.16. The van der Waals surface area contributed by atoms with Crippen molar-refractivity contribution >= 4 is 5.76 Å². The smallest absolute Gasteiger partial charge is 0.126 e. The summed E-state index contributed by atoms with van der Waals surface area (Å²) in [6.07, 6.45) is 9.13. The lowest BCUT2D eigenvalue weighted by Gasteiger charge is -2.51. The monoisotopic (exact) mass is 370 g/mol. The molecule has 0 unspecified atom stereocenters. The first-order valence-corrected chi connectivity index (χ1v) is 10.9. The van der Waals surface area contributed by atoms with Crippen molar-refractivity contribution in [3.63, 3.8) is 0 Å². The largest absolute Gasteiger partial charge is 0.497 e. The molecule has 0 aromatic heterocycles. The Labute approximate surface area is 164 Å². The molecule has 3 nitrogen and oxygen atoms in total. The number of hydrogen-bond acceptors (Lipinski definition) is 3. The molecule has 0 radical (unpaired) electrons. The molecule has 4 aliphatic rings. The molecule has 148 valence electrons. The number of benzene rings is 1. The first-order chi connectivity index (χ1) is 13.2. The fourth-order valence-electron chi connectivity index (χ4n) is 5.78. The molecule has 5 rings (SSSR count). The summed E-state index contributed by atoms with van der Waals surface area (Å²) in [5.41, 5.74) is 2.72. The third kappa shape index (κ3) is 3.83. The van der Waals surface area contributed by atoms with Gasteiger partial charge >= 0.3 is 0 Å². The maximum atomic E-state index is 6.30. The quantitative estimate of drug-likeness (QED) is 0.410. The van der Waals surface area contributed by atoms with Crippen LogP contribution in [0, 0.1) is 23.7 Å². The van der Waals surface area contributed by atoms with Gasteiger partial charge in [0.2, 0.25) is 0 Å². The van der Waals surface area contributed by atoms with Crippen molar-refractivity contribution in [1.82, 2.24) is 0 Å². The summed E-state index contributed by atoms with van der Waals surface area (Å²) < 4.78 is 17.9. The van der Waals surface area contributed by atoms with Crippen LogP contribution < -0.4 is 9.47 Å². The number of ether oxygens (including phenoxy) is 3. The molecule has 0 amide bonds. The molecular weight excluding hydrogens is 336 g/mol. The Kier molecular flexibility index (Phi) is 5.66. The zero-order chi connectivity index (χ0) is 18.8. The minimum Gasteiger partial charge on any atom is -0.497 e. The lowest BCUT2D eigenvalue weighted by Crippen LogP contribution is -2.41. The van der Waals surface area contributed by atoms with Crippen LogP contribution in [0.5, 0.6) is 11.5 Å². The van der Waals surface area contributed by atoms with Crippen molar-refractivity contribution in [2.45, 2.75) is 58.8 Å². The molecule has 3 heteroatoms. The molecule has 4 fully saturated rings. The summed E-state index contributed by atoms with van der Waals surface area (Å²) in [4.78, 5) is 0. The average Bonchev–Trinajstić information content (AvgIpc) is 2.66. The van der Waals surface area contributed by atoms with E-state index in [1.165, 1.54) is 32.1 Å². The van der Waals surface area contributed by atoms with E-state index in [0.717, 1.165) is 65.9 Å². The van der Waals surface area contributed by atoms with Gasteiger partial charge in [0.1, 0.15) is 17.3 Å². The van der Waals surface area contributed by atoms with Crippen molar-refractivity contribution in [3.05, 3.63) is 29.3 Å². The molecule has 0 spiro atoms. The zero-order valence-electron chi connectivity index (χ0n) is 17.1. The van der Waals surface area contributed by atoms with Gasteiger partial charge in [-0.05, 0) is 86.8 Å².